The van der Waals surface area contributed by atoms with Crippen LogP contribution in [-0.4, -0.2) is 19.3 Å². The van der Waals surface area contributed by atoms with E-state index in [9.17, 15) is 13.2 Å². The van der Waals surface area contributed by atoms with Gasteiger partial charge in [0.1, 0.15) is 18.1 Å². The molecule has 0 saturated carbocycles. The van der Waals surface area contributed by atoms with Crippen molar-refractivity contribution < 1.29 is 22.3 Å². The maximum absolute atomic E-state index is 11.8. The second-order valence-electron chi connectivity index (χ2n) is 3.92. The summed E-state index contributed by atoms with van der Waals surface area (Å²) in [5.41, 5.74) is 0. The summed E-state index contributed by atoms with van der Waals surface area (Å²) in [6.45, 7) is 3.79. The molecule has 0 unspecified atom stereocenters. The maximum atomic E-state index is 11.8. The molecule has 0 bridgehead atoms. The summed E-state index contributed by atoms with van der Waals surface area (Å²) in [6.07, 6.45) is -4.93. The van der Waals surface area contributed by atoms with E-state index >= 15 is 0 Å². The third-order valence-corrected chi connectivity index (χ3v) is 2.26. The highest BCUT2D eigenvalue weighted by atomic mass is 19.4. The second-order valence-corrected chi connectivity index (χ2v) is 3.92. The van der Waals surface area contributed by atoms with Crippen LogP contribution in [0, 0.1) is 0 Å². The van der Waals surface area contributed by atoms with Gasteiger partial charge in [-0.15, -0.1) is 0 Å². The monoisotopic (exact) mass is 265 g/mol. The lowest BCUT2D eigenvalue weighted by atomic mass is 10.3. The Balaban J connectivity index is 2.13. The summed E-state index contributed by atoms with van der Waals surface area (Å²) in [6, 6.07) is 3.60. The molecule has 0 saturated heterocycles. The van der Waals surface area contributed by atoms with Crippen LogP contribution in [0.25, 0.3) is 0 Å². The van der Waals surface area contributed by atoms with E-state index in [2.05, 4.69) is 5.32 Å². The van der Waals surface area contributed by atoms with E-state index in [0.29, 0.717) is 12.3 Å². The van der Waals surface area contributed by atoms with Gasteiger partial charge in [-0.25, -0.2) is 0 Å². The first-order valence-corrected chi connectivity index (χ1v) is 5.94. The van der Waals surface area contributed by atoms with Gasteiger partial charge in [-0.05, 0) is 25.1 Å². The minimum absolute atomic E-state index is 0.0194. The van der Waals surface area contributed by atoms with Gasteiger partial charge in [-0.2, -0.15) is 13.2 Å². The van der Waals surface area contributed by atoms with Crippen LogP contribution in [0.15, 0.2) is 16.5 Å². The van der Waals surface area contributed by atoms with E-state index in [4.69, 9.17) is 9.15 Å². The zero-order chi connectivity index (χ0) is 13.4. The number of alkyl halides is 3. The van der Waals surface area contributed by atoms with Crippen molar-refractivity contribution in [1.29, 1.82) is 0 Å². The van der Waals surface area contributed by atoms with Gasteiger partial charge >= 0.3 is 6.18 Å². The molecule has 0 aliphatic rings. The topological polar surface area (TPSA) is 34.4 Å². The van der Waals surface area contributed by atoms with Gasteiger partial charge in [0, 0.05) is 13.0 Å². The van der Waals surface area contributed by atoms with Crippen molar-refractivity contribution in [3.63, 3.8) is 0 Å². The summed E-state index contributed by atoms with van der Waals surface area (Å²) in [7, 11) is 0. The summed E-state index contributed by atoms with van der Waals surface area (Å²) in [4.78, 5) is 0. The van der Waals surface area contributed by atoms with Crippen LogP contribution >= 0.6 is 0 Å². The normalized spacial score (nSPS) is 12.0. The van der Waals surface area contributed by atoms with E-state index in [1.807, 2.05) is 13.0 Å². The molecule has 0 atom stereocenters. The molecule has 0 fully saturated rings. The Morgan fingerprint density at radius 1 is 1.28 bits per heavy atom. The molecule has 1 rings (SSSR count). The van der Waals surface area contributed by atoms with Crippen molar-refractivity contribution in [2.45, 2.75) is 39.1 Å². The highest BCUT2D eigenvalue weighted by Gasteiger charge is 2.25. The molecule has 0 aliphatic heterocycles. The Bertz CT molecular complexity index is 336. The fourth-order valence-electron chi connectivity index (χ4n) is 1.39. The predicted molar refractivity (Wildman–Crippen MR) is 61.0 cm³/mol. The molecule has 18 heavy (non-hydrogen) atoms. The molecule has 0 spiro atoms. The van der Waals surface area contributed by atoms with Crippen LogP contribution in [0.5, 0.6) is 0 Å². The number of ether oxygens (including phenoxy) is 1. The Labute approximate surface area is 104 Å². The molecule has 6 heteroatoms. The SMILES string of the molecule is CCNCc1ccc(COCCCC(F)(F)F)o1. The van der Waals surface area contributed by atoms with E-state index in [1.165, 1.54) is 0 Å². The lowest BCUT2D eigenvalue weighted by Gasteiger charge is -2.05. The van der Waals surface area contributed by atoms with Crippen LogP contribution in [-0.2, 0) is 17.9 Å². The second kappa shape index (κ2) is 7.43. The minimum Gasteiger partial charge on any atom is -0.462 e. The molecule has 0 aromatic carbocycles. The van der Waals surface area contributed by atoms with Gasteiger partial charge in [0.05, 0.1) is 6.54 Å². The Kier molecular flexibility index (Phi) is 6.21. The first-order valence-electron chi connectivity index (χ1n) is 5.94. The van der Waals surface area contributed by atoms with Gasteiger partial charge in [-0.1, -0.05) is 6.92 Å². The standard InChI is InChI=1S/C12H18F3NO2/c1-2-16-8-10-4-5-11(18-10)9-17-7-3-6-12(13,14)15/h4-5,16H,2-3,6-9H2,1H3. The number of furan rings is 1. The number of nitrogens with one attached hydrogen (secondary N) is 1. The Morgan fingerprint density at radius 2 is 2.00 bits per heavy atom. The smallest absolute Gasteiger partial charge is 0.389 e. The zero-order valence-electron chi connectivity index (χ0n) is 10.3. The highest BCUT2D eigenvalue weighted by molar-refractivity contribution is 5.06. The van der Waals surface area contributed by atoms with Gasteiger partial charge in [0.2, 0.25) is 0 Å². The van der Waals surface area contributed by atoms with Gasteiger partial charge in [-0.3, -0.25) is 0 Å². The lowest BCUT2D eigenvalue weighted by molar-refractivity contribution is -0.138. The van der Waals surface area contributed by atoms with Gasteiger partial charge in [0.15, 0.2) is 0 Å². The van der Waals surface area contributed by atoms with Crippen molar-refractivity contribution in [3.8, 4) is 0 Å². The van der Waals surface area contributed by atoms with Crippen molar-refractivity contribution in [1.82, 2.24) is 5.32 Å². The molecule has 1 aromatic rings. The van der Waals surface area contributed by atoms with Crippen LogP contribution < -0.4 is 5.32 Å². The van der Waals surface area contributed by atoms with Gasteiger partial charge < -0.3 is 14.5 Å². The fourth-order valence-corrected chi connectivity index (χ4v) is 1.39. The van der Waals surface area contributed by atoms with E-state index in [1.54, 1.807) is 6.07 Å². The summed E-state index contributed by atoms with van der Waals surface area (Å²) >= 11 is 0. The predicted octanol–water partition coefficient (Wildman–Crippen LogP) is 3.25. The third kappa shape index (κ3) is 6.66. The Hall–Kier alpha value is -1.01. The molecule has 0 radical (unpaired) electrons. The molecule has 0 aliphatic carbocycles. The highest BCUT2D eigenvalue weighted by Crippen LogP contribution is 2.21. The molecule has 1 heterocycles. The minimum atomic E-state index is -4.10. The number of hydrogen-bond donors (Lipinski definition) is 1. The third-order valence-electron chi connectivity index (χ3n) is 2.26. The number of halogens is 3. The summed E-state index contributed by atoms with van der Waals surface area (Å²) in [5.74, 6) is 1.43. The van der Waals surface area contributed by atoms with E-state index in [0.717, 1.165) is 12.3 Å². The molecule has 104 valence electrons. The van der Waals surface area contributed by atoms with Crippen molar-refractivity contribution >= 4 is 0 Å². The average molecular weight is 265 g/mol. The molecular weight excluding hydrogens is 247 g/mol. The first-order chi connectivity index (χ1) is 8.51. The molecule has 1 aromatic heterocycles. The van der Waals surface area contributed by atoms with E-state index < -0.39 is 12.6 Å². The number of hydrogen-bond acceptors (Lipinski definition) is 3. The van der Waals surface area contributed by atoms with Crippen LogP contribution in [0.3, 0.4) is 0 Å². The van der Waals surface area contributed by atoms with Gasteiger partial charge in [0.25, 0.3) is 0 Å². The first kappa shape index (κ1) is 15.0. The van der Waals surface area contributed by atoms with Crippen LogP contribution in [0.1, 0.15) is 31.3 Å². The largest absolute Gasteiger partial charge is 0.462 e. The molecular formula is C12H18F3NO2. The summed E-state index contributed by atoms with van der Waals surface area (Å²) in [5, 5.41) is 3.11. The average Bonchev–Trinajstić information content (AvgIpc) is 2.72. The van der Waals surface area contributed by atoms with Crippen molar-refractivity contribution in [3.05, 3.63) is 23.7 Å². The fraction of sp³-hybridized carbons (Fsp3) is 0.667. The molecule has 3 nitrogen and oxygen atoms in total. The lowest BCUT2D eigenvalue weighted by Crippen LogP contribution is -2.10. The van der Waals surface area contributed by atoms with Crippen molar-refractivity contribution in [2.24, 2.45) is 0 Å². The maximum Gasteiger partial charge on any atom is 0.389 e. The van der Waals surface area contributed by atoms with Crippen LogP contribution in [0.2, 0.25) is 0 Å². The van der Waals surface area contributed by atoms with E-state index in [-0.39, 0.29) is 19.6 Å². The van der Waals surface area contributed by atoms with Crippen LogP contribution in [0.4, 0.5) is 13.2 Å². The number of rotatable bonds is 8. The summed E-state index contributed by atoms with van der Waals surface area (Å²) < 4.78 is 46.1. The quantitative estimate of drug-likeness (QED) is 0.733. The molecule has 0 amide bonds. The van der Waals surface area contributed by atoms with Crippen molar-refractivity contribution in [2.75, 3.05) is 13.2 Å². The zero-order valence-corrected chi connectivity index (χ0v) is 10.3. The Morgan fingerprint density at radius 3 is 2.67 bits per heavy atom. The molecule has 1 N–H and O–H groups in total.